The summed E-state index contributed by atoms with van der Waals surface area (Å²) in [7, 11) is 0. The second-order valence-corrected chi connectivity index (χ2v) is 4.35. The second kappa shape index (κ2) is 3.90. The smallest absolute Gasteiger partial charge is 0.346 e. The summed E-state index contributed by atoms with van der Waals surface area (Å²) in [6.07, 6.45) is -0.567. The lowest BCUT2D eigenvalue weighted by Crippen LogP contribution is -2.50. The lowest BCUT2D eigenvalue weighted by atomic mass is 9.95. The molecule has 1 unspecified atom stereocenters. The number of hydrogen-bond donors (Lipinski definition) is 1. The van der Waals surface area contributed by atoms with Crippen molar-refractivity contribution in [3.8, 4) is 11.6 Å². The van der Waals surface area contributed by atoms with Gasteiger partial charge in [0.25, 0.3) is 5.88 Å². The topological polar surface area (TPSA) is 121 Å². The van der Waals surface area contributed by atoms with Crippen LogP contribution in [0.1, 0.15) is 12.8 Å². The molecule has 0 saturated heterocycles. The number of aliphatic hydroxyl groups is 1. The van der Waals surface area contributed by atoms with Gasteiger partial charge >= 0.3 is 17.9 Å². The average Bonchev–Trinajstić information content (AvgIpc) is 2.34. The highest BCUT2D eigenvalue weighted by Crippen LogP contribution is 2.31. The van der Waals surface area contributed by atoms with Gasteiger partial charge in [0.15, 0.2) is 5.60 Å². The molecule has 1 N–H and O–H groups in total. The molecule has 0 amide bonds. The molecule has 3 rings (SSSR count). The molecule has 0 aromatic carbocycles. The minimum atomic E-state index is -2.39. The maximum Gasteiger partial charge on any atom is 0.346 e. The summed E-state index contributed by atoms with van der Waals surface area (Å²) in [5.41, 5.74) is -3.12. The van der Waals surface area contributed by atoms with E-state index in [9.17, 15) is 24.3 Å². The first-order chi connectivity index (χ1) is 9.39. The molecule has 9 nitrogen and oxygen atoms in total. The van der Waals surface area contributed by atoms with E-state index in [4.69, 9.17) is 14.3 Å². The number of fused-ring (bicyclic) bond motifs is 2. The Hall–Kier alpha value is -2.68. The van der Waals surface area contributed by atoms with Gasteiger partial charge in [0.05, 0.1) is 19.0 Å². The van der Waals surface area contributed by atoms with Crippen molar-refractivity contribution in [1.82, 2.24) is 4.73 Å². The zero-order valence-electron chi connectivity index (χ0n) is 9.82. The quantitative estimate of drug-likeness (QED) is 0.550. The molecular formula is C11H7NO8. The number of ether oxygens (including phenoxy) is 2. The molecule has 0 spiro atoms. The first-order valence-electron chi connectivity index (χ1n) is 5.51. The number of esters is 2. The summed E-state index contributed by atoms with van der Waals surface area (Å²) in [6.45, 7) is 0. The van der Waals surface area contributed by atoms with Crippen molar-refractivity contribution in [2.24, 2.45) is 0 Å². The monoisotopic (exact) mass is 281 g/mol. The summed E-state index contributed by atoms with van der Waals surface area (Å²) < 4.78 is 10.3. The summed E-state index contributed by atoms with van der Waals surface area (Å²) in [4.78, 5) is 51.5. The van der Waals surface area contributed by atoms with Crippen LogP contribution in [-0.2, 0) is 14.4 Å². The fourth-order valence-electron chi connectivity index (χ4n) is 1.90. The number of rotatable bonds is 0. The van der Waals surface area contributed by atoms with Crippen LogP contribution in [0.15, 0.2) is 17.1 Å². The third kappa shape index (κ3) is 1.75. The summed E-state index contributed by atoms with van der Waals surface area (Å²) in [5, 5.41) is 10.0. The molecule has 1 aromatic rings. The molecular weight excluding hydrogens is 274 g/mol. The second-order valence-electron chi connectivity index (χ2n) is 4.35. The molecule has 2 aliphatic rings. The minimum Gasteiger partial charge on any atom is -0.416 e. The van der Waals surface area contributed by atoms with Crippen molar-refractivity contribution < 1.29 is 33.8 Å². The van der Waals surface area contributed by atoms with E-state index in [0.717, 1.165) is 12.3 Å². The van der Waals surface area contributed by atoms with Crippen LogP contribution in [0.2, 0.25) is 0 Å². The lowest BCUT2D eigenvalue weighted by molar-refractivity contribution is -0.176. The normalized spacial score (nSPS) is 24.8. The summed E-state index contributed by atoms with van der Waals surface area (Å²) >= 11 is 0. The molecule has 1 aromatic heterocycles. The van der Waals surface area contributed by atoms with Crippen molar-refractivity contribution in [2.75, 3.05) is 0 Å². The third-order valence-corrected chi connectivity index (χ3v) is 2.84. The van der Waals surface area contributed by atoms with Crippen LogP contribution in [0.5, 0.6) is 11.6 Å². The van der Waals surface area contributed by atoms with Crippen LogP contribution in [0.4, 0.5) is 0 Å². The molecule has 104 valence electrons. The van der Waals surface area contributed by atoms with Gasteiger partial charge in [0.2, 0.25) is 11.2 Å². The SMILES string of the molecule is O=C1CC2(O)CC(=O)On3ccc(=O)c(c3OC2=O)O1. The van der Waals surface area contributed by atoms with Gasteiger partial charge < -0.3 is 19.4 Å². The summed E-state index contributed by atoms with van der Waals surface area (Å²) in [5.74, 6) is -4.37. The highest BCUT2D eigenvalue weighted by molar-refractivity contribution is 5.93. The number of pyridine rings is 1. The predicted molar refractivity (Wildman–Crippen MR) is 57.7 cm³/mol. The molecule has 20 heavy (non-hydrogen) atoms. The van der Waals surface area contributed by atoms with E-state index in [-0.39, 0.29) is 0 Å². The lowest BCUT2D eigenvalue weighted by Gasteiger charge is -2.29. The van der Waals surface area contributed by atoms with Crippen LogP contribution in [0.25, 0.3) is 0 Å². The minimum absolute atomic E-state index is 0.568. The Morgan fingerprint density at radius 3 is 2.55 bits per heavy atom. The Kier molecular flexibility index (Phi) is 2.41. The van der Waals surface area contributed by atoms with Gasteiger partial charge in [-0.25, -0.2) is 9.59 Å². The van der Waals surface area contributed by atoms with Gasteiger partial charge in [-0.2, -0.15) is 0 Å². The number of carbonyl (C=O) groups excluding carboxylic acids is 3. The average molecular weight is 281 g/mol. The van der Waals surface area contributed by atoms with Gasteiger partial charge in [0, 0.05) is 6.07 Å². The van der Waals surface area contributed by atoms with Crippen molar-refractivity contribution in [1.29, 1.82) is 0 Å². The van der Waals surface area contributed by atoms with Crippen molar-refractivity contribution in [3.63, 3.8) is 0 Å². The van der Waals surface area contributed by atoms with Crippen molar-refractivity contribution >= 4 is 17.9 Å². The molecule has 0 saturated carbocycles. The van der Waals surface area contributed by atoms with Crippen LogP contribution >= 0.6 is 0 Å². The molecule has 0 radical (unpaired) electrons. The fraction of sp³-hybridized carbons (Fsp3) is 0.273. The highest BCUT2D eigenvalue weighted by atomic mass is 16.7. The first kappa shape index (κ1) is 12.4. The van der Waals surface area contributed by atoms with Crippen LogP contribution in [0.3, 0.4) is 0 Å². The van der Waals surface area contributed by atoms with E-state index in [0.29, 0.717) is 4.73 Å². The van der Waals surface area contributed by atoms with E-state index in [1.165, 1.54) is 0 Å². The maximum absolute atomic E-state index is 11.9. The number of aromatic nitrogens is 1. The van der Waals surface area contributed by atoms with Crippen molar-refractivity contribution in [2.45, 2.75) is 18.4 Å². The maximum atomic E-state index is 11.9. The Balaban J connectivity index is 2.30. The molecule has 9 heteroatoms. The Labute approximate surface area is 110 Å². The van der Waals surface area contributed by atoms with E-state index < -0.39 is 53.4 Å². The highest BCUT2D eigenvalue weighted by Gasteiger charge is 2.48. The van der Waals surface area contributed by atoms with Gasteiger partial charge in [-0.1, -0.05) is 0 Å². The van der Waals surface area contributed by atoms with Crippen LogP contribution in [0, 0.1) is 0 Å². The van der Waals surface area contributed by atoms with E-state index in [1.54, 1.807) is 0 Å². The zero-order chi connectivity index (χ0) is 14.5. The largest absolute Gasteiger partial charge is 0.416 e. The predicted octanol–water partition coefficient (Wildman–Crippen LogP) is -1.85. The Morgan fingerprint density at radius 1 is 1.10 bits per heavy atom. The van der Waals surface area contributed by atoms with Crippen molar-refractivity contribution in [3.05, 3.63) is 22.5 Å². The standard InChI is InChI=1S/C11H7NO8/c13-5-1-2-12-9-8(5)18-6(14)3-11(17,10(16)19-9)4-7(15)20-12/h1-2,17H,3-4H2. The van der Waals surface area contributed by atoms with Gasteiger partial charge in [-0.15, -0.1) is 4.73 Å². The van der Waals surface area contributed by atoms with Crippen LogP contribution in [-0.4, -0.2) is 33.3 Å². The molecule has 2 aliphatic heterocycles. The Morgan fingerprint density at radius 2 is 1.80 bits per heavy atom. The molecule has 0 fully saturated rings. The van der Waals surface area contributed by atoms with Gasteiger partial charge in [-0.3, -0.25) is 9.59 Å². The molecule has 0 aliphatic carbocycles. The number of hydrogen-bond acceptors (Lipinski definition) is 8. The number of carbonyl (C=O) groups is 3. The molecule has 2 bridgehead atoms. The molecule has 3 heterocycles. The fourth-order valence-corrected chi connectivity index (χ4v) is 1.90. The molecule has 1 atom stereocenters. The van der Waals surface area contributed by atoms with Crippen LogP contribution < -0.4 is 19.7 Å². The van der Waals surface area contributed by atoms with E-state index >= 15 is 0 Å². The first-order valence-corrected chi connectivity index (χ1v) is 5.51. The van der Waals surface area contributed by atoms with E-state index in [2.05, 4.69) is 0 Å². The third-order valence-electron chi connectivity index (χ3n) is 2.84. The number of nitrogens with zero attached hydrogens (tertiary/aromatic N) is 1. The van der Waals surface area contributed by atoms with E-state index in [1.807, 2.05) is 0 Å². The Bertz CT molecular complexity index is 705. The summed E-state index contributed by atoms with van der Waals surface area (Å²) in [6, 6.07) is 0.975. The zero-order valence-corrected chi connectivity index (χ0v) is 9.82. The van der Waals surface area contributed by atoms with Gasteiger partial charge in [-0.05, 0) is 0 Å². The van der Waals surface area contributed by atoms with Gasteiger partial charge in [0.1, 0.15) is 0 Å².